The lowest BCUT2D eigenvalue weighted by atomic mass is 9.99. The van der Waals surface area contributed by atoms with E-state index in [1.165, 1.54) is 0 Å². The van der Waals surface area contributed by atoms with Gasteiger partial charge in [-0.1, -0.05) is 25.1 Å². The number of halogens is 3. The van der Waals surface area contributed by atoms with Crippen molar-refractivity contribution in [3.8, 4) is 0 Å². The van der Waals surface area contributed by atoms with E-state index in [1.54, 1.807) is 12.1 Å². The van der Waals surface area contributed by atoms with Crippen molar-refractivity contribution in [3.63, 3.8) is 0 Å². The molecule has 7 heteroatoms. The van der Waals surface area contributed by atoms with Gasteiger partial charge in [0, 0.05) is 26.2 Å². The molecule has 0 saturated carbocycles. The molecular weight excluding hydrogens is 355 g/mol. The molecule has 0 radical (unpaired) electrons. The third kappa shape index (κ3) is 5.43. The molecule has 0 amide bonds. The molecule has 1 aromatic carbocycles. The first-order valence-corrected chi connectivity index (χ1v) is 9.10. The highest BCUT2D eigenvalue weighted by Gasteiger charge is 2.30. The highest BCUT2D eigenvalue weighted by Crippen LogP contribution is 2.30. The van der Waals surface area contributed by atoms with Crippen molar-refractivity contribution < 1.29 is 17.9 Å². The Morgan fingerprint density at radius 3 is 2.48 bits per heavy atom. The summed E-state index contributed by atoms with van der Waals surface area (Å²) in [4.78, 5) is 6.89. The molecule has 2 heterocycles. The van der Waals surface area contributed by atoms with E-state index in [-0.39, 0.29) is 5.92 Å². The Morgan fingerprint density at radius 1 is 1.11 bits per heavy atom. The van der Waals surface area contributed by atoms with Crippen molar-refractivity contribution in [2.75, 3.05) is 37.7 Å². The molecule has 2 aromatic rings. The summed E-state index contributed by atoms with van der Waals surface area (Å²) < 4.78 is 43.3. The van der Waals surface area contributed by atoms with Crippen LogP contribution in [-0.4, -0.2) is 37.8 Å². The van der Waals surface area contributed by atoms with Crippen LogP contribution in [0.15, 0.2) is 42.5 Å². The lowest BCUT2D eigenvalue weighted by Gasteiger charge is -2.28. The van der Waals surface area contributed by atoms with Crippen molar-refractivity contribution in [1.29, 1.82) is 0 Å². The topological polar surface area (TPSA) is 37.4 Å². The number of nitrogens with zero attached hydrogens (tertiary/aromatic N) is 2. The van der Waals surface area contributed by atoms with Gasteiger partial charge in [-0.2, -0.15) is 13.2 Å². The SMILES string of the molecule is CC(CNCc1cccc(N2CCOCC2)n1)c1ccc(C(F)(F)F)cc1. The van der Waals surface area contributed by atoms with E-state index in [2.05, 4.69) is 15.2 Å². The molecule has 1 atom stereocenters. The highest BCUT2D eigenvalue weighted by molar-refractivity contribution is 5.39. The summed E-state index contributed by atoms with van der Waals surface area (Å²) in [6, 6.07) is 11.3. The van der Waals surface area contributed by atoms with Gasteiger partial charge in [0.05, 0.1) is 24.5 Å². The predicted molar refractivity (Wildman–Crippen MR) is 98.8 cm³/mol. The average Bonchev–Trinajstić information content (AvgIpc) is 2.68. The monoisotopic (exact) mass is 379 g/mol. The van der Waals surface area contributed by atoms with Crippen LogP contribution in [0.4, 0.5) is 19.0 Å². The summed E-state index contributed by atoms with van der Waals surface area (Å²) in [5.74, 6) is 1.06. The van der Waals surface area contributed by atoms with Crippen molar-refractivity contribution in [2.24, 2.45) is 0 Å². The number of rotatable bonds is 6. The van der Waals surface area contributed by atoms with Gasteiger partial charge in [-0.25, -0.2) is 4.98 Å². The van der Waals surface area contributed by atoms with Crippen LogP contribution >= 0.6 is 0 Å². The number of hydrogen-bond acceptors (Lipinski definition) is 4. The molecule has 1 aliphatic heterocycles. The molecule has 1 fully saturated rings. The molecule has 0 aliphatic carbocycles. The Bertz CT molecular complexity index is 728. The number of ether oxygens (including phenoxy) is 1. The van der Waals surface area contributed by atoms with Gasteiger partial charge >= 0.3 is 6.18 Å². The Hall–Kier alpha value is -2.12. The second-order valence-electron chi connectivity index (χ2n) is 6.74. The Labute approximate surface area is 157 Å². The van der Waals surface area contributed by atoms with Crippen LogP contribution in [0.5, 0.6) is 0 Å². The number of benzene rings is 1. The number of alkyl halides is 3. The minimum atomic E-state index is -4.29. The summed E-state index contributed by atoms with van der Waals surface area (Å²) in [7, 11) is 0. The molecular formula is C20H24F3N3O. The van der Waals surface area contributed by atoms with Crippen LogP contribution in [0.3, 0.4) is 0 Å². The number of nitrogens with one attached hydrogen (secondary N) is 1. The van der Waals surface area contributed by atoms with Crippen LogP contribution in [0.25, 0.3) is 0 Å². The number of pyridine rings is 1. The molecule has 3 rings (SSSR count). The van der Waals surface area contributed by atoms with Gasteiger partial charge in [-0.3, -0.25) is 0 Å². The summed E-state index contributed by atoms with van der Waals surface area (Å²) in [6.45, 7) is 6.39. The zero-order valence-corrected chi connectivity index (χ0v) is 15.3. The molecule has 1 aliphatic rings. The van der Waals surface area contributed by atoms with Crippen molar-refractivity contribution in [1.82, 2.24) is 10.3 Å². The van der Waals surface area contributed by atoms with Crippen molar-refractivity contribution >= 4 is 5.82 Å². The van der Waals surface area contributed by atoms with Crippen LogP contribution in [0.2, 0.25) is 0 Å². The lowest BCUT2D eigenvalue weighted by Crippen LogP contribution is -2.36. The van der Waals surface area contributed by atoms with Gasteiger partial charge in [0.15, 0.2) is 0 Å². The fraction of sp³-hybridized carbons (Fsp3) is 0.450. The van der Waals surface area contributed by atoms with Crippen LogP contribution in [-0.2, 0) is 17.5 Å². The van der Waals surface area contributed by atoms with Gasteiger partial charge in [0.2, 0.25) is 0 Å². The summed E-state index contributed by atoms with van der Waals surface area (Å²) in [6.07, 6.45) is -4.29. The van der Waals surface area contributed by atoms with E-state index < -0.39 is 11.7 Å². The fourth-order valence-corrected chi connectivity index (χ4v) is 3.07. The molecule has 1 N–H and O–H groups in total. The maximum Gasteiger partial charge on any atom is 0.416 e. The predicted octanol–water partition coefficient (Wildman–Crippen LogP) is 3.83. The average molecular weight is 379 g/mol. The van der Waals surface area contributed by atoms with Crippen LogP contribution in [0.1, 0.15) is 29.7 Å². The Morgan fingerprint density at radius 2 is 1.81 bits per heavy atom. The molecule has 146 valence electrons. The fourth-order valence-electron chi connectivity index (χ4n) is 3.07. The van der Waals surface area contributed by atoms with E-state index in [0.717, 1.165) is 55.5 Å². The number of anilines is 1. The largest absolute Gasteiger partial charge is 0.416 e. The summed E-state index contributed by atoms with van der Waals surface area (Å²) >= 11 is 0. The standard InChI is InChI=1S/C20H24F3N3O/c1-15(16-5-7-17(8-6-16)20(21,22)23)13-24-14-18-3-2-4-19(25-18)26-9-11-27-12-10-26/h2-8,15,24H,9-14H2,1H3. The molecule has 0 spiro atoms. The Kier molecular flexibility index (Phi) is 6.34. The van der Waals surface area contributed by atoms with Gasteiger partial charge in [0.1, 0.15) is 5.82 Å². The van der Waals surface area contributed by atoms with Crippen LogP contribution in [0, 0.1) is 0 Å². The Balaban J connectivity index is 1.52. The molecule has 1 aromatic heterocycles. The summed E-state index contributed by atoms with van der Waals surface area (Å²) in [5, 5.41) is 3.35. The van der Waals surface area contributed by atoms with E-state index >= 15 is 0 Å². The van der Waals surface area contributed by atoms with E-state index in [1.807, 2.05) is 25.1 Å². The first-order chi connectivity index (χ1) is 12.9. The quantitative estimate of drug-likeness (QED) is 0.828. The minimum Gasteiger partial charge on any atom is -0.378 e. The third-order valence-electron chi connectivity index (χ3n) is 4.69. The second kappa shape index (κ2) is 8.71. The van der Waals surface area contributed by atoms with Gasteiger partial charge in [-0.15, -0.1) is 0 Å². The lowest BCUT2D eigenvalue weighted by molar-refractivity contribution is -0.137. The van der Waals surface area contributed by atoms with Crippen molar-refractivity contribution in [2.45, 2.75) is 25.6 Å². The van der Waals surface area contributed by atoms with Gasteiger partial charge < -0.3 is 15.0 Å². The van der Waals surface area contributed by atoms with Crippen LogP contribution < -0.4 is 10.2 Å². The molecule has 1 unspecified atom stereocenters. The normalized spacial score (nSPS) is 16.4. The van der Waals surface area contributed by atoms with E-state index in [0.29, 0.717) is 13.1 Å². The zero-order valence-electron chi connectivity index (χ0n) is 15.3. The molecule has 1 saturated heterocycles. The number of aromatic nitrogens is 1. The second-order valence-corrected chi connectivity index (χ2v) is 6.74. The first kappa shape index (κ1) is 19.6. The van der Waals surface area contributed by atoms with Gasteiger partial charge in [-0.05, 0) is 35.7 Å². The molecule has 4 nitrogen and oxygen atoms in total. The van der Waals surface area contributed by atoms with Gasteiger partial charge in [0.25, 0.3) is 0 Å². The smallest absolute Gasteiger partial charge is 0.378 e. The van der Waals surface area contributed by atoms with E-state index in [4.69, 9.17) is 4.74 Å². The van der Waals surface area contributed by atoms with Crippen molar-refractivity contribution in [3.05, 3.63) is 59.3 Å². The summed E-state index contributed by atoms with van der Waals surface area (Å²) in [5.41, 5.74) is 1.21. The third-order valence-corrected chi connectivity index (χ3v) is 4.69. The zero-order chi connectivity index (χ0) is 19.3. The number of hydrogen-bond donors (Lipinski definition) is 1. The molecule has 0 bridgehead atoms. The molecule has 27 heavy (non-hydrogen) atoms. The number of morpholine rings is 1. The maximum absolute atomic E-state index is 12.6. The highest BCUT2D eigenvalue weighted by atomic mass is 19.4. The first-order valence-electron chi connectivity index (χ1n) is 9.10. The maximum atomic E-state index is 12.6. The van der Waals surface area contributed by atoms with E-state index in [9.17, 15) is 13.2 Å². The minimum absolute atomic E-state index is 0.106.